The van der Waals surface area contributed by atoms with E-state index in [0.29, 0.717) is 31.2 Å². The van der Waals surface area contributed by atoms with Crippen molar-refractivity contribution in [1.29, 1.82) is 0 Å². The van der Waals surface area contributed by atoms with Crippen molar-refractivity contribution in [3.8, 4) is 0 Å². The number of amides is 1. The molecule has 1 aliphatic rings. The smallest absolute Gasteiger partial charge is 0.240 e. The van der Waals surface area contributed by atoms with Crippen LogP contribution in [0.3, 0.4) is 0 Å². The third-order valence-electron chi connectivity index (χ3n) is 3.58. The van der Waals surface area contributed by atoms with Gasteiger partial charge in [0.1, 0.15) is 5.25 Å². The Kier molecular flexibility index (Phi) is 5.28. The number of thiocarbonyl (C=S) groups is 1. The summed E-state index contributed by atoms with van der Waals surface area (Å²) in [6, 6.07) is -0.000386. The van der Waals surface area contributed by atoms with E-state index < -0.39 is 15.1 Å². The van der Waals surface area contributed by atoms with Gasteiger partial charge in [-0.1, -0.05) is 12.2 Å². The Hall–Kier alpha value is -0.730. The van der Waals surface area contributed by atoms with Gasteiger partial charge in [-0.2, -0.15) is 0 Å². The highest BCUT2D eigenvalue weighted by Gasteiger charge is 2.31. The second-order valence-corrected chi connectivity index (χ2v) is 7.75. The largest absolute Gasteiger partial charge is 0.392 e. The van der Waals surface area contributed by atoms with Crippen molar-refractivity contribution in [1.82, 2.24) is 9.80 Å². The maximum absolute atomic E-state index is 12.0. The summed E-state index contributed by atoms with van der Waals surface area (Å²) in [7, 11) is -3.34. The highest BCUT2D eigenvalue weighted by molar-refractivity contribution is 7.92. The molecule has 1 amide bonds. The molecule has 19 heavy (non-hydrogen) atoms. The Bertz CT molecular complexity index is 456. The average molecular weight is 307 g/mol. The molecule has 1 fully saturated rings. The van der Waals surface area contributed by atoms with Crippen molar-refractivity contribution in [2.45, 2.75) is 25.1 Å². The number of sulfone groups is 1. The first-order valence-corrected chi connectivity index (χ1v) is 8.52. The fourth-order valence-electron chi connectivity index (χ4n) is 1.95. The Morgan fingerprint density at radius 3 is 2.05 bits per heavy atom. The van der Waals surface area contributed by atoms with E-state index in [2.05, 4.69) is 4.90 Å². The van der Waals surface area contributed by atoms with Gasteiger partial charge < -0.3 is 10.6 Å². The Morgan fingerprint density at radius 2 is 1.68 bits per heavy atom. The summed E-state index contributed by atoms with van der Waals surface area (Å²) in [6.07, 6.45) is 1.08. The molecule has 0 aromatic rings. The summed E-state index contributed by atoms with van der Waals surface area (Å²) < 4.78 is 22.8. The molecule has 1 saturated heterocycles. The fraction of sp³-hybridized carbons (Fsp3) is 0.818. The average Bonchev–Trinajstić information content (AvgIpc) is 2.35. The normalized spacial score (nSPS) is 20.9. The van der Waals surface area contributed by atoms with Crippen LogP contribution in [0.1, 0.15) is 13.8 Å². The third kappa shape index (κ3) is 4.12. The maximum atomic E-state index is 12.0. The van der Waals surface area contributed by atoms with Gasteiger partial charge in [-0.05, 0) is 13.8 Å². The van der Waals surface area contributed by atoms with Crippen LogP contribution in [-0.4, -0.2) is 72.8 Å². The Balaban J connectivity index is 2.59. The minimum atomic E-state index is -3.34. The molecule has 0 radical (unpaired) electrons. The molecule has 1 heterocycles. The molecule has 0 aliphatic carbocycles. The van der Waals surface area contributed by atoms with Gasteiger partial charge in [-0.25, -0.2) is 8.42 Å². The molecule has 8 heteroatoms. The van der Waals surface area contributed by atoms with Gasteiger partial charge in [0.15, 0.2) is 9.84 Å². The van der Waals surface area contributed by atoms with Gasteiger partial charge in [-0.15, -0.1) is 0 Å². The number of carbonyl (C=O) groups is 1. The monoisotopic (exact) mass is 307 g/mol. The van der Waals surface area contributed by atoms with E-state index in [0.717, 1.165) is 6.26 Å². The minimum absolute atomic E-state index is 0.000386. The quantitative estimate of drug-likeness (QED) is 0.687. The van der Waals surface area contributed by atoms with Crippen molar-refractivity contribution in [3.63, 3.8) is 0 Å². The highest BCUT2D eigenvalue weighted by Crippen LogP contribution is 2.10. The van der Waals surface area contributed by atoms with E-state index in [1.54, 1.807) is 4.90 Å². The van der Waals surface area contributed by atoms with Crippen LogP contribution in [0, 0.1) is 0 Å². The van der Waals surface area contributed by atoms with Gasteiger partial charge in [0.25, 0.3) is 0 Å². The predicted octanol–water partition coefficient (Wildman–Crippen LogP) is -0.762. The van der Waals surface area contributed by atoms with Crippen LogP contribution < -0.4 is 5.73 Å². The Morgan fingerprint density at radius 1 is 1.21 bits per heavy atom. The molecule has 0 bridgehead atoms. The van der Waals surface area contributed by atoms with E-state index in [1.165, 1.54) is 6.92 Å². The molecule has 0 spiro atoms. The number of hydrogen-bond donors (Lipinski definition) is 1. The Labute approximate surface area is 119 Å². The molecule has 0 aromatic heterocycles. The lowest BCUT2D eigenvalue weighted by molar-refractivity contribution is -0.132. The minimum Gasteiger partial charge on any atom is -0.392 e. The van der Waals surface area contributed by atoms with E-state index in [-0.39, 0.29) is 11.9 Å². The van der Waals surface area contributed by atoms with Crippen LogP contribution in [0.15, 0.2) is 0 Å². The number of hydrogen-bond acceptors (Lipinski definition) is 5. The lowest BCUT2D eigenvalue weighted by Crippen LogP contribution is -2.55. The molecular weight excluding hydrogens is 286 g/mol. The molecule has 1 rings (SSSR count). The first-order valence-electron chi connectivity index (χ1n) is 6.15. The van der Waals surface area contributed by atoms with Crippen molar-refractivity contribution >= 4 is 33.0 Å². The maximum Gasteiger partial charge on any atom is 0.240 e. The van der Waals surface area contributed by atoms with E-state index in [9.17, 15) is 13.2 Å². The molecule has 1 aliphatic heterocycles. The topological polar surface area (TPSA) is 83.7 Å². The summed E-state index contributed by atoms with van der Waals surface area (Å²) in [5, 5.41) is -0.980. The van der Waals surface area contributed by atoms with Crippen LogP contribution in [0.2, 0.25) is 0 Å². The molecule has 110 valence electrons. The first-order chi connectivity index (χ1) is 8.64. The van der Waals surface area contributed by atoms with Gasteiger partial charge in [-0.3, -0.25) is 9.69 Å². The molecular formula is C11H21N3O3S2. The predicted molar refractivity (Wildman–Crippen MR) is 78.7 cm³/mol. The number of carbonyl (C=O) groups excluding carboxylic acids is 1. The zero-order valence-corrected chi connectivity index (χ0v) is 13.1. The lowest BCUT2D eigenvalue weighted by atomic mass is 10.2. The van der Waals surface area contributed by atoms with Crippen molar-refractivity contribution in [3.05, 3.63) is 0 Å². The van der Waals surface area contributed by atoms with Crippen LogP contribution in [-0.2, 0) is 14.6 Å². The molecule has 0 aromatic carbocycles. The zero-order valence-electron chi connectivity index (χ0n) is 11.5. The molecule has 0 saturated carbocycles. The fourth-order valence-corrected chi connectivity index (χ4v) is 2.61. The van der Waals surface area contributed by atoms with Crippen LogP contribution >= 0.6 is 12.2 Å². The molecule has 2 atom stereocenters. The zero-order chi connectivity index (χ0) is 14.8. The van der Waals surface area contributed by atoms with Gasteiger partial charge >= 0.3 is 0 Å². The highest BCUT2D eigenvalue weighted by atomic mass is 32.2. The second-order valence-electron chi connectivity index (χ2n) is 4.91. The van der Waals surface area contributed by atoms with Crippen LogP contribution in [0.25, 0.3) is 0 Å². The first kappa shape index (κ1) is 16.3. The van der Waals surface area contributed by atoms with Crippen molar-refractivity contribution in [2.24, 2.45) is 5.73 Å². The summed E-state index contributed by atoms with van der Waals surface area (Å²) in [6.45, 7) is 5.68. The number of nitrogens with two attached hydrogens (primary N) is 1. The lowest BCUT2D eigenvalue weighted by Gasteiger charge is -2.38. The summed E-state index contributed by atoms with van der Waals surface area (Å²) >= 11 is 4.95. The summed E-state index contributed by atoms with van der Waals surface area (Å²) in [5.41, 5.74) is 5.60. The second kappa shape index (κ2) is 6.15. The number of nitrogens with zero attached hydrogens (tertiary/aromatic N) is 2. The van der Waals surface area contributed by atoms with Crippen LogP contribution in [0.5, 0.6) is 0 Å². The standard InChI is InChI=1S/C11H21N3O3S2/c1-8(10(12)18)13-4-6-14(7-5-13)11(15)9(2)19(3,16)17/h8-9H,4-7H2,1-3H3,(H2,12,18). The van der Waals surface area contributed by atoms with Gasteiger partial charge in [0.2, 0.25) is 5.91 Å². The number of piperazine rings is 1. The van der Waals surface area contributed by atoms with Crippen molar-refractivity contribution in [2.75, 3.05) is 32.4 Å². The molecule has 2 N–H and O–H groups in total. The van der Waals surface area contributed by atoms with Crippen LogP contribution in [0.4, 0.5) is 0 Å². The van der Waals surface area contributed by atoms with E-state index >= 15 is 0 Å². The molecule has 6 nitrogen and oxygen atoms in total. The summed E-state index contributed by atoms with van der Waals surface area (Å²) in [5.74, 6) is -0.329. The molecule has 2 unspecified atom stereocenters. The van der Waals surface area contributed by atoms with Crippen molar-refractivity contribution < 1.29 is 13.2 Å². The van der Waals surface area contributed by atoms with E-state index in [4.69, 9.17) is 18.0 Å². The van der Waals surface area contributed by atoms with E-state index in [1.807, 2.05) is 6.92 Å². The van der Waals surface area contributed by atoms with Gasteiger partial charge in [0.05, 0.1) is 11.0 Å². The number of rotatable bonds is 4. The van der Waals surface area contributed by atoms with Gasteiger partial charge in [0, 0.05) is 32.4 Å². The summed E-state index contributed by atoms with van der Waals surface area (Å²) in [4.78, 5) is 16.2. The third-order valence-corrected chi connectivity index (χ3v) is 5.40. The SMILES string of the molecule is CC(C(N)=S)N1CCN(C(=O)C(C)S(C)(=O)=O)CC1.